The molecule has 9 heteroatoms. The van der Waals surface area contributed by atoms with Crippen molar-refractivity contribution in [2.24, 2.45) is 0 Å². The summed E-state index contributed by atoms with van der Waals surface area (Å²) in [5, 5.41) is 12.3. The van der Waals surface area contributed by atoms with E-state index >= 15 is 0 Å². The fourth-order valence-electron chi connectivity index (χ4n) is 4.10. The summed E-state index contributed by atoms with van der Waals surface area (Å²) in [4.78, 5) is 34.8. The Balaban J connectivity index is 1.33. The van der Waals surface area contributed by atoms with Crippen LogP contribution in [0.2, 0.25) is 0 Å². The maximum absolute atomic E-state index is 13.3. The van der Waals surface area contributed by atoms with Crippen LogP contribution in [0.3, 0.4) is 0 Å². The van der Waals surface area contributed by atoms with Gasteiger partial charge < -0.3 is 14.9 Å². The highest BCUT2D eigenvalue weighted by Gasteiger charge is 2.23. The molecule has 33 heavy (non-hydrogen) atoms. The number of phenolic OH excluding ortho intramolecular Hbond substituents is 1. The van der Waals surface area contributed by atoms with Gasteiger partial charge in [-0.25, -0.2) is 9.37 Å². The van der Waals surface area contributed by atoms with Crippen LogP contribution in [0.1, 0.15) is 0 Å². The summed E-state index contributed by atoms with van der Waals surface area (Å²) in [5.41, 5.74) is 1.87. The number of piperazine rings is 1. The van der Waals surface area contributed by atoms with E-state index in [1.165, 1.54) is 34.4 Å². The van der Waals surface area contributed by atoms with Gasteiger partial charge in [-0.3, -0.25) is 14.2 Å². The van der Waals surface area contributed by atoms with Crippen LogP contribution in [0.5, 0.6) is 5.75 Å². The first-order valence-electron chi connectivity index (χ1n) is 10.5. The van der Waals surface area contributed by atoms with Gasteiger partial charge in [0, 0.05) is 37.1 Å². The topological polar surface area (TPSA) is 78.7 Å². The Kier molecular flexibility index (Phi) is 5.55. The number of aromatic hydroxyl groups is 1. The van der Waals surface area contributed by atoms with Crippen molar-refractivity contribution < 1.29 is 14.3 Å². The van der Waals surface area contributed by atoms with Gasteiger partial charge in [0.05, 0.1) is 17.4 Å². The van der Waals surface area contributed by atoms with Crippen LogP contribution in [0.15, 0.2) is 65.0 Å². The monoisotopic (exact) mass is 464 g/mol. The largest absolute Gasteiger partial charge is 0.506 e. The number of aromatic nitrogens is 2. The Hall–Kier alpha value is -3.72. The zero-order chi connectivity index (χ0) is 22.9. The van der Waals surface area contributed by atoms with Crippen molar-refractivity contribution in [1.29, 1.82) is 0 Å². The van der Waals surface area contributed by atoms with E-state index < -0.39 is 0 Å². The van der Waals surface area contributed by atoms with E-state index in [0.29, 0.717) is 42.0 Å². The third-order valence-corrected chi connectivity index (χ3v) is 6.76. The van der Waals surface area contributed by atoms with Crippen LogP contribution in [-0.4, -0.2) is 51.6 Å². The zero-order valence-electron chi connectivity index (χ0n) is 17.6. The maximum Gasteiger partial charge on any atom is 0.263 e. The summed E-state index contributed by atoms with van der Waals surface area (Å²) in [6.45, 7) is 2.08. The van der Waals surface area contributed by atoms with Crippen LogP contribution < -0.4 is 10.5 Å². The molecular formula is C24H21FN4O3S. The molecule has 0 spiro atoms. The molecule has 2 aromatic carbocycles. The van der Waals surface area contributed by atoms with Gasteiger partial charge in [0.15, 0.2) is 0 Å². The number of benzene rings is 2. The van der Waals surface area contributed by atoms with Crippen molar-refractivity contribution in [3.8, 4) is 16.9 Å². The second-order valence-corrected chi connectivity index (χ2v) is 8.73. The molecule has 168 valence electrons. The van der Waals surface area contributed by atoms with E-state index in [4.69, 9.17) is 0 Å². The molecule has 3 heterocycles. The summed E-state index contributed by atoms with van der Waals surface area (Å²) in [6.07, 6.45) is 1.41. The third-order valence-electron chi connectivity index (χ3n) is 5.88. The Morgan fingerprint density at radius 1 is 1.06 bits per heavy atom. The highest BCUT2D eigenvalue weighted by atomic mass is 32.1. The smallest absolute Gasteiger partial charge is 0.263 e. The number of thiophene rings is 1. The number of carbonyl (C=O) groups excluding carboxylic acids is 1. The van der Waals surface area contributed by atoms with Gasteiger partial charge in [-0.1, -0.05) is 24.3 Å². The van der Waals surface area contributed by atoms with E-state index in [1.54, 1.807) is 29.2 Å². The number of amides is 1. The molecule has 1 aliphatic rings. The number of rotatable bonds is 4. The molecule has 0 atom stereocenters. The van der Waals surface area contributed by atoms with Crippen LogP contribution in [0.4, 0.5) is 10.1 Å². The molecule has 7 nitrogen and oxygen atoms in total. The van der Waals surface area contributed by atoms with Gasteiger partial charge in [0.25, 0.3) is 5.56 Å². The number of para-hydroxylation sites is 2. The van der Waals surface area contributed by atoms with Crippen LogP contribution >= 0.6 is 11.3 Å². The van der Waals surface area contributed by atoms with Gasteiger partial charge in [-0.05, 0) is 29.8 Å². The standard InChI is InChI=1S/C24H21FN4O3S/c25-17-7-5-16(6-8-17)18-14-33-23-22(18)24(32)29(15-26-23)13-21(31)28-11-9-27(10-12-28)19-3-1-2-4-20(19)30/h1-8,14-15,30H,9-13H2. The molecule has 1 amide bonds. The molecule has 2 aromatic heterocycles. The van der Waals surface area contributed by atoms with E-state index in [9.17, 15) is 19.1 Å². The number of anilines is 1. The maximum atomic E-state index is 13.3. The molecule has 1 fully saturated rings. The zero-order valence-corrected chi connectivity index (χ0v) is 18.5. The summed E-state index contributed by atoms with van der Waals surface area (Å²) >= 11 is 1.34. The van der Waals surface area contributed by atoms with E-state index in [2.05, 4.69) is 4.98 Å². The SMILES string of the molecule is O=C(Cn1cnc2scc(-c3ccc(F)cc3)c2c1=O)N1CCN(c2ccccc2O)CC1. The highest BCUT2D eigenvalue weighted by Crippen LogP contribution is 2.31. The van der Waals surface area contributed by atoms with Crippen molar-refractivity contribution in [2.45, 2.75) is 6.54 Å². The molecule has 4 aromatic rings. The second-order valence-electron chi connectivity index (χ2n) is 7.87. The molecule has 5 rings (SSSR count). The van der Waals surface area contributed by atoms with Gasteiger partial charge in [-0.2, -0.15) is 0 Å². The third kappa shape index (κ3) is 4.07. The number of carbonyl (C=O) groups is 1. The Morgan fingerprint density at radius 2 is 1.79 bits per heavy atom. The lowest BCUT2D eigenvalue weighted by Gasteiger charge is -2.36. The number of fused-ring (bicyclic) bond motifs is 1. The molecule has 0 saturated carbocycles. The minimum absolute atomic E-state index is 0.100. The molecule has 1 saturated heterocycles. The average Bonchev–Trinajstić information content (AvgIpc) is 3.27. The van der Waals surface area contributed by atoms with Crippen molar-refractivity contribution in [2.75, 3.05) is 31.1 Å². The van der Waals surface area contributed by atoms with E-state index in [0.717, 1.165) is 11.3 Å². The first kappa shape index (κ1) is 21.1. The summed E-state index contributed by atoms with van der Waals surface area (Å²) in [6, 6.07) is 13.1. The lowest BCUT2D eigenvalue weighted by atomic mass is 10.1. The lowest BCUT2D eigenvalue weighted by Crippen LogP contribution is -2.50. The summed E-state index contributed by atoms with van der Waals surface area (Å²) < 4.78 is 14.6. The number of hydrogen-bond acceptors (Lipinski definition) is 6. The fraction of sp³-hybridized carbons (Fsp3) is 0.208. The lowest BCUT2D eigenvalue weighted by molar-refractivity contribution is -0.132. The normalized spacial score (nSPS) is 14.1. The predicted molar refractivity (Wildman–Crippen MR) is 126 cm³/mol. The molecule has 0 radical (unpaired) electrons. The van der Waals surface area contributed by atoms with Crippen molar-refractivity contribution in [3.05, 3.63) is 76.4 Å². The average molecular weight is 465 g/mol. The quantitative estimate of drug-likeness (QED) is 0.501. The van der Waals surface area contributed by atoms with Crippen molar-refractivity contribution in [1.82, 2.24) is 14.5 Å². The first-order chi connectivity index (χ1) is 16.0. The summed E-state index contributed by atoms with van der Waals surface area (Å²) in [5.74, 6) is -0.285. The van der Waals surface area contributed by atoms with Gasteiger partial charge in [-0.15, -0.1) is 11.3 Å². The Labute approximate surface area is 193 Å². The molecule has 1 N–H and O–H groups in total. The van der Waals surface area contributed by atoms with Crippen molar-refractivity contribution >= 4 is 33.1 Å². The number of nitrogens with zero attached hydrogens (tertiary/aromatic N) is 4. The van der Waals surface area contributed by atoms with Crippen LogP contribution in [0.25, 0.3) is 21.3 Å². The molecule has 0 aliphatic carbocycles. The Bertz CT molecular complexity index is 1370. The summed E-state index contributed by atoms with van der Waals surface area (Å²) in [7, 11) is 0. The predicted octanol–water partition coefficient (Wildman–Crippen LogP) is 3.32. The van der Waals surface area contributed by atoms with E-state index in [-0.39, 0.29) is 29.6 Å². The molecular weight excluding hydrogens is 443 g/mol. The first-order valence-corrected chi connectivity index (χ1v) is 11.4. The van der Waals surface area contributed by atoms with E-state index in [1.807, 2.05) is 22.4 Å². The number of hydrogen-bond donors (Lipinski definition) is 1. The van der Waals surface area contributed by atoms with Gasteiger partial charge in [0.2, 0.25) is 5.91 Å². The second kappa shape index (κ2) is 8.67. The number of halogens is 1. The molecule has 0 unspecified atom stereocenters. The van der Waals surface area contributed by atoms with Crippen LogP contribution in [0, 0.1) is 5.82 Å². The molecule has 1 aliphatic heterocycles. The molecule has 0 bridgehead atoms. The highest BCUT2D eigenvalue weighted by molar-refractivity contribution is 7.17. The van der Waals surface area contributed by atoms with Crippen LogP contribution in [-0.2, 0) is 11.3 Å². The van der Waals surface area contributed by atoms with Gasteiger partial charge >= 0.3 is 0 Å². The minimum atomic E-state index is -0.345. The van der Waals surface area contributed by atoms with Crippen molar-refractivity contribution in [3.63, 3.8) is 0 Å². The minimum Gasteiger partial charge on any atom is -0.506 e. The number of phenols is 1. The fourth-order valence-corrected chi connectivity index (χ4v) is 5.00. The Morgan fingerprint density at radius 3 is 2.52 bits per heavy atom. The van der Waals surface area contributed by atoms with Gasteiger partial charge in [0.1, 0.15) is 22.9 Å².